The Morgan fingerprint density at radius 3 is 2.09 bits per heavy atom. The highest BCUT2D eigenvalue weighted by atomic mass is 19.1. The van der Waals surface area contributed by atoms with E-state index < -0.39 is 11.6 Å². The monoisotopic (exact) mass is 442 g/mol. The predicted molar refractivity (Wildman–Crippen MR) is 126 cm³/mol. The number of fused-ring (bicyclic) bond motifs is 1. The minimum atomic E-state index is -0.616. The van der Waals surface area contributed by atoms with Gasteiger partial charge in [0.15, 0.2) is 0 Å². The molecule has 0 aromatic heterocycles. The van der Waals surface area contributed by atoms with Gasteiger partial charge in [-0.1, -0.05) is 48.8 Å². The van der Waals surface area contributed by atoms with Gasteiger partial charge in [0.05, 0.1) is 0 Å². The van der Waals surface area contributed by atoms with Crippen LogP contribution in [0.5, 0.6) is 5.75 Å². The Labute approximate surface area is 191 Å². The van der Waals surface area contributed by atoms with Crippen molar-refractivity contribution in [2.24, 2.45) is 0 Å². The fourth-order valence-electron chi connectivity index (χ4n) is 3.52. The fraction of sp³-hybridized carbons (Fsp3) is 0.103. The lowest BCUT2D eigenvalue weighted by Crippen LogP contribution is -2.01. The third-order valence-electron chi connectivity index (χ3n) is 5.25. The van der Waals surface area contributed by atoms with Gasteiger partial charge < -0.3 is 4.74 Å². The first kappa shape index (κ1) is 22.2. The normalized spacial score (nSPS) is 10.5. The third-order valence-corrected chi connectivity index (χ3v) is 5.25. The summed E-state index contributed by atoms with van der Waals surface area (Å²) in [5, 5.41) is 1.76. The van der Waals surface area contributed by atoms with E-state index in [0.717, 1.165) is 27.5 Å². The lowest BCUT2D eigenvalue weighted by atomic mass is 10.0. The molecule has 0 unspecified atom stereocenters. The quantitative estimate of drug-likeness (QED) is 0.231. The van der Waals surface area contributed by atoms with E-state index in [-0.39, 0.29) is 30.2 Å². The molecule has 0 spiro atoms. The van der Waals surface area contributed by atoms with Crippen LogP contribution >= 0.6 is 0 Å². The van der Waals surface area contributed by atoms with Gasteiger partial charge in [0.1, 0.15) is 29.8 Å². The Morgan fingerprint density at radius 1 is 0.727 bits per heavy atom. The summed E-state index contributed by atoms with van der Waals surface area (Å²) in [6.45, 7) is 3.70. The maximum Gasteiger partial charge on any atom is 0.133 e. The molecule has 0 bridgehead atoms. The Balaban J connectivity index is 1.41. The molecular weight excluding hydrogens is 421 g/mol. The summed E-state index contributed by atoms with van der Waals surface area (Å²) in [5.74, 6) is 4.89. The molecule has 33 heavy (non-hydrogen) atoms. The van der Waals surface area contributed by atoms with Crippen LogP contribution in [-0.2, 0) is 12.8 Å². The van der Waals surface area contributed by atoms with Gasteiger partial charge in [-0.3, -0.25) is 0 Å². The van der Waals surface area contributed by atoms with Gasteiger partial charge in [-0.15, -0.1) is 0 Å². The highest BCUT2D eigenvalue weighted by Gasteiger charge is 2.12. The highest BCUT2D eigenvalue weighted by molar-refractivity contribution is 5.84. The molecule has 164 valence electrons. The second-order valence-corrected chi connectivity index (χ2v) is 7.62. The molecule has 4 rings (SSSR count). The average Bonchev–Trinajstić information content (AvgIpc) is 2.81. The van der Waals surface area contributed by atoms with Crippen LogP contribution in [0.3, 0.4) is 0 Å². The van der Waals surface area contributed by atoms with E-state index in [1.165, 1.54) is 30.3 Å². The van der Waals surface area contributed by atoms with Crippen molar-refractivity contribution >= 4 is 10.8 Å². The van der Waals surface area contributed by atoms with Crippen molar-refractivity contribution in [2.75, 3.05) is 6.61 Å². The summed E-state index contributed by atoms with van der Waals surface area (Å²) >= 11 is 0. The number of hydrogen-bond donors (Lipinski definition) is 0. The van der Waals surface area contributed by atoms with Crippen molar-refractivity contribution in [3.8, 4) is 17.6 Å². The average molecular weight is 442 g/mol. The highest BCUT2D eigenvalue weighted by Crippen LogP contribution is 2.22. The molecule has 0 aliphatic heterocycles. The Hall–Kier alpha value is -3.97. The smallest absolute Gasteiger partial charge is 0.133 e. The van der Waals surface area contributed by atoms with Gasteiger partial charge in [0, 0.05) is 28.8 Å². The summed E-state index contributed by atoms with van der Waals surface area (Å²) in [7, 11) is 0. The number of hydrogen-bond acceptors (Lipinski definition) is 1. The lowest BCUT2D eigenvalue weighted by molar-refractivity contribution is 0.357. The van der Waals surface area contributed by atoms with Gasteiger partial charge in [-0.05, 0) is 65.6 Å². The number of ether oxygens (including phenoxy) is 1. The molecule has 4 aromatic carbocycles. The van der Waals surface area contributed by atoms with Crippen LogP contribution in [0.1, 0.15) is 22.3 Å². The summed E-state index contributed by atoms with van der Waals surface area (Å²) in [6.07, 6.45) is 2.25. The van der Waals surface area contributed by atoms with E-state index >= 15 is 0 Å². The zero-order valence-corrected chi connectivity index (χ0v) is 17.9. The molecule has 0 aliphatic rings. The van der Waals surface area contributed by atoms with E-state index in [0.29, 0.717) is 6.42 Å². The molecular formula is C29H21F3O. The zero-order valence-electron chi connectivity index (χ0n) is 17.9. The lowest BCUT2D eigenvalue weighted by Gasteiger charge is -2.09. The van der Waals surface area contributed by atoms with Gasteiger partial charge in [-0.2, -0.15) is 0 Å². The molecule has 0 atom stereocenters. The number of rotatable bonds is 6. The summed E-state index contributed by atoms with van der Waals surface area (Å²) in [6, 6.07) is 20.3. The standard InChI is InChI=1S/C29H21F3O/c1-2-15-33-26-18-28(31)27(29(32)19-26)14-10-21-5-3-20(4-6-21)7-8-22-9-11-24-17-25(30)13-12-23(24)16-22/h2-6,9,11-13,16-19H,1,10,14-15H2. The van der Waals surface area contributed by atoms with E-state index in [1.807, 2.05) is 42.5 Å². The van der Waals surface area contributed by atoms with Crippen molar-refractivity contribution < 1.29 is 17.9 Å². The zero-order chi connectivity index (χ0) is 23.2. The van der Waals surface area contributed by atoms with E-state index in [1.54, 1.807) is 6.07 Å². The summed E-state index contributed by atoms with van der Waals surface area (Å²) < 4.78 is 47.1. The molecule has 0 saturated carbocycles. The maximum atomic E-state index is 14.3. The first-order valence-electron chi connectivity index (χ1n) is 10.5. The minimum Gasteiger partial charge on any atom is -0.489 e. The maximum absolute atomic E-state index is 14.3. The van der Waals surface area contributed by atoms with Gasteiger partial charge in [0.2, 0.25) is 0 Å². The number of benzene rings is 4. The van der Waals surface area contributed by atoms with Crippen molar-refractivity contribution in [1.82, 2.24) is 0 Å². The van der Waals surface area contributed by atoms with Gasteiger partial charge in [-0.25, -0.2) is 13.2 Å². The molecule has 0 N–H and O–H groups in total. The Morgan fingerprint density at radius 2 is 1.36 bits per heavy atom. The molecule has 0 aliphatic carbocycles. The summed E-state index contributed by atoms with van der Waals surface area (Å²) in [5.41, 5.74) is 2.67. The van der Waals surface area contributed by atoms with Crippen molar-refractivity contribution in [3.63, 3.8) is 0 Å². The molecule has 0 saturated heterocycles. The largest absolute Gasteiger partial charge is 0.489 e. The van der Waals surface area contributed by atoms with Crippen LogP contribution in [-0.4, -0.2) is 6.61 Å². The SMILES string of the molecule is C=CCOc1cc(F)c(CCc2ccc(C#Cc3ccc4cc(F)ccc4c3)cc2)c(F)c1. The Kier molecular flexibility index (Phi) is 6.80. The minimum absolute atomic E-state index is 0.0426. The molecule has 0 radical (unpaired) electrons. The van der Waals surface area contributed by atoms with E-state index in [4.69, 9.17) is 4.74 Å². The van der Waals surface area contributed by atoms with E-state index in [9.17, 15) is 13.2 Å². The second kappa shape index (κ2) is 10.1. The molecule has 4 aromatic rings. The van der Waals surface area contributed by atoms with Crippen LogP contribution in [0.2, 0.25) is 0 Å². The van der Waals surface area contributed by atoms with Gasteiger partial charge >= 0.3 is 0 Å². The first-order chi connectivity index (χ1) is 16.0. The van der Waals surface area contributed by atoms with Crippen LogP contribution < -0.4 is 4.74 Å². The number of halogens is 3. The van der Waals surface area contributed by atoms with Crippen LogP contribution in [0.25, 0.3) is 10.8 Å². The van der Waals surface area contributed by atoms with Crippen LogP contribution in [0.15, 0.2) is 85.5 Å². The number of aryl methyl sites for hydroxylation is 1. The van der Waals surface area contributed by atoms with Crippen LogP contribution in [0, 0.1) is 29.3 Å². The molecule has 0 amide bonds. The second-order valence-electron chi connectivity index (χ2n) is 7.62. The van der Waals surface area contributed by atoms with Gasteiger partial charge in [0.25, 0.3) is 0 Å². The van der Waals surface area contributed by atoms with Crippen molar-refractivity contribution in [2.45, 2.75) is 12.8 Å². The van der Waals surface area contributed by atoms with Crippen molar-refractivity contribution in [3.05, 3.63) is 125 Å². The summed E-state index contributed by atoms with van der Waals surface area (Å²) in [4.78, 5) is 0. The molecule has 0 fully saturated rings. The predicted octanol–water partition coefficient (Wildman–Crippen LogP) is 7.01. The molecule has 1 nitrogen and oxygen atoms in total. The van der Waals surface area contributed by atoms with E-state index in [2.05, 4.69) is 18.4 Å². The van der Waals surface area contributed by atoms with Crippen molar-refractivity contribution in [1.29, 1.82) is 0 Å². The molecule has 4 heteroatoms. The molecule has 0 heterocycles. The first-order valence-corrected chi connectivity index (χ1v) is 10.5. The fourth-order valence-corrected chi connectivity index (χ4v) is 3.52. The third kappa shape index (κ3) is 5.64. The topological polar surface area (TPSA) is 9.23 Å². The van der Waals surface area contributed by atoms with Crippen LogP contribution in [0.4, 0.5) is 13.2 Å². The Bertz CT molecular complexity index is 1340.